The molecule has 0 unspecified atom stereocenters. The Morgan fingerprint density at radius 3 is 2.86 bits per heavy atom. The van der Waals surface area contributed by atoms with Gasteiger partial charge in [0.1, 0.15) is 6.54 Å². The van der Waals surface area contributed by atoms with Gasteiger partial charge in [-0.15, -0.1) is 11.8 Å². The molecule has 2 amide bonds. The summed E-state index contributed by atoms with van der Waals surface area (Å²) in [7, 11) is 1.34. The van der Waals surface area contributed by atoms with Gasteiger partial charge in [0, 0.05) is 12.2 Å². The Balaban J connectivity index is 1.75. The lowest BCUT2D eigenvalue weighted by atomic mass is 10.1. The molecule has 0 spiro atoms. The number of fused-ring (bicyclic) bond motifs is 1. The molecule has 2 aliphatic heterocycles. The maximum atomic E-state index is 12.4. The molecule has 1 fully saturated rings. The summed E-state index contributed by atoms with van der Waals surface area (Å²) < 4.78 is 4.70. The third kappa shape index (κ3) is 2.68. The topological polar surface area (TPSA) is 66.9 Å². The highest BCUT2D eigenvalue weighted by molar-refractivity contribution is 8.00. The minimum Gasteiger partial charge on any atom is -0.465 e. The van der Waals surface area contributed by atoms with E-state index in [9.17, 15) is 14.4 Å². The van der Waals surface area contributed by atoms with Gasteiger partial charge in [-0.1, -0.05) is 0 Å². The van der Waals surface area contributed by atoms with Crippen LogP contribution in [0, 0.1) is 0 Å². The average Bonchev–Trinajstić information content (AvgIpc) is 3.12. The van der Waals surface area contributed by atoms with Crippen LogP contribution in [-0.2, 0) is 20.7 Å². The average molecular weight is 320 g/mol. The smallest absolute Gasteiger partial charge is 0.337 e. The number of carbonyl (C=O) groups is 3. The molecule has 0 aliphatic carbocycles. The van der Waals surface area contributed by atoms with Crippen molar-refractivity contribution in [3.63, 3.8) is 0 Å². The minimum atomic E-state index is -0.382. The van der Waals surface area contributed by atoms with Crippen molar-refractivity contribution in [2.75, 3.05) is 36.7 Å². The normalized spacial score (nSPS) is 16.9. The summed E-state index contributed by atoms with van der Waals surface area (Å²) in [5.74, 6) is 0.574. The number of rotatable bonds is 3. The highest BCUT2D eigenvalue weighted by Gasteiger charge is 2.29. The van der Waals surface area contributed by atoms with Gasteiger partial charge in [0.15, 0.2) is 0 Å². The van der Waals surface area contributed by atoms with Gasteiger partial charge in [0.2, 0.25) is 11.8 Å². The second-order valence-electron chi connectivity index (χ2n) is 5.20. The van der Waals surface area contributed by atoms with Crippen molar-refractivity contribution < 1.29 is 19.1 Å². The first-order chi connectivity index (χ1) is 10.6. The first kappa shape index (κ1) is 14.9. The third-order valence-electron chi connectivity index (χ3n) is 3.85. The molecule has 7 heteroatoms. The fourth-order valence-corrected chi connectivity index (χ4v) is 3.60. The van der Waals surface area contributed by atoms with Gasteiger partial charge in [-0.2, -0.15) is 0 Å². The number of ether oxygens (including phenoxy) is 1. The molecule has 0 bridgehead atoms. The van der Waals surface area contributed by atoms with E-state index >= 15 is 0 Å². The molecule has 1 saturated heterocycles. The van der Waals surface area contributed by atoms with Crippen LogP contribution in [0.1, 0.15) is 15.9 Å². The van der Waals surface area contributed by atoms with E-state index in [-0.39, 0.29) is 24.3 Å². The number of benzene rings is 1. The minimum absolute atomic E-state index is 0.0128. The van der Waals surface area contributed by atoms with E-state index in [4.69, 9.17) is 4.74 Å². The molecule has 1 aromatic rings. The third-order valence-corrected chi connectivity index (χ3v) is 4.79. The molecule has 0 radical (unpaired) electrons. The van der Waals surface area contributed by atoms with Gasteiger partial charge in [0.05, 0.1) is 24.3 Å². The highest BCUT2D eigenvalue weighted by atomic mass is 32.2. The number of hydrogen-bond donors (Lipinski definition) is 0. The van der Waals surface area contributed by atoms with E-state index in [1.165, 1.54) is 18.9 Å². The fourth-order valence-electron chi connectivity index (χ4n) is 2.69. The van der Waals surface area contributed by atoms with Crippen LogP contribution >= 0.6 is 11.8 Å². The molecular weight excluding hydrogens is 304 g/mol. The molecule has 1 aromatic carbocycles. The molecular formula is C15H16N2O4S. The predicted molar refractivity (Wildman–Crippen MR) is 82.9 cm³/mol. The van der Waals surface area contributed by atoms with E-state index in [1.807, 2.05) is 0 Å². The Labute approximate surface area is 132 Å². The van der Waals surface area contributed by atoms with Crippen LogP contribution in [-0.4, -0.2) is 54.5 Å². The van der Waals surface area contributed by atoms with Crippen LogP contribution in [0.3, 0.4) is 0 Å². The van der Waals surface area contributed by atoms with Gasteiger partial charge in [-0.25, -0.2) is 4.79 Å². The van der Waals surface area contributed by atoms with Crippen molar-refractivity contribution in [3.8, 4) is 0 Å². The Morgan fingerprint density at radius 2 is 2.18 bits per heavy atom. The van der Waals surface area contributed by atoms with E-state index < -0.39 is 0 Å². The summed E-state index contributed by atoms with van der Waals surface area (Å²) in [5.41, 5.74) is 2.26. The van der Waals surface area contributed by atoms with Crippen LogP contribution in [0.4, 0.5) is 5.69 Å². The van der Waals surface area contributed by atoms with Crippen molar-refractivity contribution in [1.82, 2.24) is 4.90 Å². The van der Waals surface area contributed by atoms with Crippen molar-refractivity contribution in [3.05, 3.63) is 29.3 Å². The molecule has 116 valence electrons. The van der Waals surface area contributed by atoms with Crippen LogP contribution in [0.25, 0.3) is 0 Å². The van der Waals surface area contributed by atoms with Gasteiger partial charge in [0.25, 0.3) is 0 Å². The zero-order valence-electron chi connectivity index (χ0n) is 12.2. The van der Waals surface area contributed by atoms with Gasteiger partial charge in [-0.3, -0.25) is 9.59 Å². The predicted octanol–water partition coefficient (Wildman–Crippen LogP) is 0.895. The zero-order chi connectivity index (χ0) is 15.7. The summed E-state index contributed by atoms with van der Waals surface area (Å²) in [6.07, 6.45) is 0.703. The number of anilines is 1. The van der Waals surface area contributed by atoms with E-state index in [0.717, 1.165) is 11.3 Å². The molecule has 0 atom stereocenters. The Hall–Kier alpha value is -2.02. The van der Waals surface area contributed by atoms with Crippen LogP contribution < -0.4 is 4.90 Å². The SMILES string of the molecule is COC(=O)c1ccc2c(c1)CCN2C(=O)CN1CSCC1=O. The Morgan fingerprint density at radius 1 is 1.36 bits per heavy atom. The molecule has 0 aromatic heterocycles. The van der Waals surface area contributed by atoms with Crippen LogP contribution in [0.2, 0.25) is 0 Å². The molecule has 6 nitrogen and oxygen atoms in total. The lowest BCUT2D eigenvalue weighted by molar-refractivity contribution is -0.131. The maximum absolute atomic E-state index is 12.4. The van der Waals surface area contributed by atoms with Gasteiger partial charge < -0.3 is 14.5 Å². The number of thioether (sulfide) groups is 1. The van der Waals surface area contributed by atoms with Crippen LogP contribution in [0.15, 0.2) is 18.2 Å². The Kier molecular flexibility index (Phi) is 4.06. The van der Waals surface area contributed by atoms with Crippen molar-refractivity contribution in [1.29, 1.82) is 0 Å². The summed E-state index contributed by atoms with van der Waals surface area (Å²) in [6.45, 7) is 0.692. The molecule has 0 saturated carbocycles. The number of esters is 1. The summed E-state index contributed by atoms with van der Waals surface area (Å²) in [5, 5.41) is 0. The number of methoxy groups -OCH3 is 1. The number of carbonyl (C=O) groups excluding carboxylic acids is 3. The largest absolute Gasteiger partial charge is 0.465 e. The number of nitrogens with zero attached hydrogens (tertiary/aromatic N) is 2. The Bertz CT molecular complexity index is 646. The number of hydrogen-bond acceptors (Lipinski definition) is 5. The molecule has 22 heavy (non-hydrogen) atoms. The maximum Gasteiger partial charge on any atom is 0.337 e. The molecule has 0 N–H and O–H groups in total. The standard InChI is InChI=1S/C15H16N2O4S/c1-21-15(20)11-2-3-12-10(6-11)4-5-17(12)13(18)7-16-9-22-8-14(16)19/h2-3,6H,4-5,7-9H2,1H3. The fraction of sp³-hybridized carbons (Fsp3) is 0.400. The van der Waals surface area contributed by atoms with E-state index in [0.29, 0.717) is 30.2 Å². The molecule has 3 rings (SSSR count). The highest BCUT2D eigenvalue weighted by Crippen LogP contribution is 2.29. The first-order valence-corrected chi connectivity index (χ1v) is 8.12. The second kappa shape index (κ2) is 6.00. The van der Waals surface area contributed by atoms with Crippen molar-refractivity contribution in [2.45, 2.75) is 6.42 Å². The summed E-state index contributed by atoms with van der Waals surface area (Å²) >= 11 is 1.52. The van der Waals surface area contributed by atoms with E-state index in [2.05, 4.69) is 0 Å². The lowest BCUT2D eigenvalue weighted by Crippen LogP contribution is -2.40. The van der Waals surface area contributed by atoms with Crippen molar-refractivity contribution >= 4 is 35.2 Å². The summed E-state index contributed by atoms with van der Waals surface area (Å²) in [4.78, 5) is 38.8. The monoisotopic (exact) mass is 320 g/mol. The van der Waals surface area contributed by atoms with Crippen LogP contribution in [0.5, 0.6) is 0 Å². The molecule has 2 aliphatic rings. The second-order valence-corrected chi connectivity index (χ2v) is 6.15. The van der Waals surface area contributed by atoms with Gasteiger partial charge in [-0.05, 0) is 30.2 Å². The lowest BCUT2D eigenvalue weighted by Gasteiger charge is -2.21. The van der Waals surface area contributed by atoms with Crippen molar-refractivity contribution in [2.24, 2.45) is 0 Å². The quantitative estimate of drug-likeness (QED) is 0.774. The zero-order valence-corrected chi connectivity index (χ0v) is 13.0. The van der Waals surface area contributed by atoms with Gasteiger partial charge >= 0.3 is 5.97 Å². The first-order valence-electron chi connectivity index (χ1n) is 6.97. The molecule has 2 heterocycles. The van der Waals surface area contributed by atoms with E-state index in [1.54, 1.807) is 28.0 Å². The summed E-state index contributed by atoms with van der Waals surface area (Å²) in [6, 6.07) is 5.20. The number of amides is 2.